The first-order valence-electron chi connectivity index (χ1n) is 6.94. The second-order valence-corrected chi connectivity index (χ2v) is 5.35. The molecule has 2 heterocycles. The van der Waals surface area contributed by atoms with Crippen molar-refractivity contribution < 1.29 is 9.34 Å². The van der Waals surface area contributed by atoms with E-state index in [0.717, 1.165) is 31.9 Å². The molecule has 1 saturated carbocycles. The maximum Gasteiger partial charge on any atom is 0.433 e. The third kappa shape index (κ3) is 2.50. The highest BCUT2D eigenvalue weighted by atomic mass is 16.6. The van der Waals surface area contributed by atoms with Crippen LogP contribution in [0.25, 0.3) is 0 Å². The van der Waals surface area contributed by atoms with E-state index in [-0.39, 0.29) is 11.9 Å². The third-order valence-electron chi connectivity index (χ3n) is 4.23. The van der Waals surface area contributed by atoms with Crippen LogP contribution < -0.4 is 5.32 Å². The summed E-state index contributed by atoms with van der Waals surface area (Å²) in [6.45, 7) is 3.92. The lowest BCUT2D eigenvalue weighted by Gasteiger charge is -2.41. The van der Waals surface area contributed by atoms with E-state index in [2.05, 4.69) is 10.2 Å². The molecule has 1 atom stereocenters. The fourth-order valence-electron chi connectivity index (χ4n) is 3.03. The zero-order chi connectivity index (χ0) is 13.2. The van der Waals surface area contributed by atoms with Crippen LogP contribution in [0.2, 0.25) is 0 Å². The number of piperazine rings is 1. The van der Waals surface area contributed by atoms with Gasteiger partial charge in [-0.2, -0.15) is 0 Å². The molecule has 0 radical (unpaired) electrons. The molecule has 1 saturated heterocycles. The normalized spacial score (nSPS) is 22.9. The van der Waals surface area contributed by atoms with Gasteiger partial charge < -0.3 is 9.73 Å². The lowest BCUT2D eigenvalue weighted by atomic mass is 9.78. The first-order valence-corrected chi connectivity index (χ1v) is 6.94. The molecule has 0 aromatic carbocycles. The Morgan fingerprint density at radius 3 is 2.63 bits per heavy atom. The maximum atomic E-state index is 10.8. The quantitative estimate of drug-likeness (QED) is 0.665. The van der Waals surface area contributed by atoms with Gasteiger partial charge in [-0.25, -0.2) is 0 Å². The predicted molar refractivity (Wildman–Crippen MR) is 69.9 cm³/mol. The van der Waals surface area contributed by atoms with Crippen LogP contribution in [0.15, 0.2) is 16.5 Å². The number of rotatable bonds is 4. The topological polar surface area (TPSA) is 71.6 Å². The van der Waals surface area contributed by atoms with Crippen LogP contribution in [0.5, 0.6) is 0 Å². The molecule has 1 aromatic heterocycles. The van der Waals surface area contributed by atoms with Crippen LogP contribution in [-0.4, -0.2) is 36.0 Å². The standard InChI is InChI=1S/C13H19N3O3/c17-16(18)12-5-4-11(19-12)13(10-2-1-3-10)15-8-6-14-7-9-15/h4-5,10,13-14H,1-3,6-9H2/t13-/m1/s1. The molecular formula is C13H19N3O3. The second kappa shape index (κ2) is 5.30. The molecule has 1 aromatic rings. The molecule has 2 aliphatic rings. The Morgan fingerprint density at radius 1 is 1.37 bits per heavy atom. The van der Waals surface area contributed by atoms with E-state index < -0.39 is 4.92 Å². The Morgan fingerprint density at radius 2 is 2.11 bits per heavy atom. The third-order valence-corrected chi connectivity index (χ3v) is 4.23. The Bertz CT molecular complexity index is 450. The van der Waals surface area contributed by atoms with E-state index in [9.17, 15) is 10.1 Å². The molecule has 3 rings (SSSR count). The average molecular weight is 265 g/mol. The van der Waals surface area contributed by atoms with Crippen LogP contribution in [0, 0.1) is 16.0 Å². The lowest BCUT2D eigenvalue weighted by Crippen LogP contribution is -2.47. The fourth-order valence-corrected chi connectivity index (χ4v) is 3.03. The molecule has 0 spiro atoms. The molecule has 1 aliphatic carbocycles. The number of hydrogen-bond acceptors (Lipinski definition) is 5. The van der Waals surface area contributed by atoms with Crippen LogP contribution >= 0.6 is 0 Å². The second-order valence-electron chi connectivity index (χ2n) is 5.35. The Kier molecular flexibility index (Phi) is 3.52. The molecule has 0 amide bonds. The van der Waals surface area contributed by atoms with Gasteiger partial charge in [-0.3, -0.25) is 15.0 Å². The molecule has 6 nitrogen and oxygen atoms in total. The summed E-state index contributed by atoms with van der Waals surface area (Å²) in [5, 5.41) is 14.1. The molecule has 1 N–H and O–H groups in total. The summed E-state index contributed by atoms with van der Waals surface area (Å²) in [5.74, 6) is 1.21. The molecule has 2 fully saturated rings. The summed E-state index contributed by atoms with van der Waals surface area (Å²) < 4.78 is 5.46. The van der Waals surface area contributed by atoms with E-state index >= 15 is 0 Å². The lowest BCUT2D eigenvalue weighted by molar-refractivity contribution is -0.402. The number of nitrogens with zero attached hydrogens (tertiary/aromatic N) is 2. The monoisotopic (exact) mass is 265 g/mol. The summed E-state index contributed by atoms with van der Waals surface area (Å²) >= 11 is 0. The first-order chi connectivity index (χ1) is 9.25. The van der Waals surface area contributed by atoms with Gasteiger partial charge in [-0.1, -0.05) is 6.42 Å². The highest BCUT2D eigenvalue weighted by Gasteiger charge is 2.36. The molecule has 0 bridgehead atoms. The van der Waals surface area contributed by atoms with Gasteiger partial charge in [-0.05, 0) is 24.8 Å². The van der Waals surface area contributed by atoms with Crippen molar-refractivity contribution in [2.45, 2.75) is 25.3 Å². The SMILES string of the molecule is O=[N+]([O-])c1ccc([C@@H](C2CCC2)N2CCNCC2)o1. The highest BCUT2D eigenvalue weighted by molar-refractivity contribution is 5.21. The average Bonchev–Trinajstić information content (AvgIpc) is 2.84. The molecule has 0 unspecified atom stereocenters. The summed E-state index contributed by atoms with van der Waals surface area (Å²) in [4.78, 5) is 12.7. The largest absolute Gasteiger partial charge is 0.433 e. The Labute approximate surface area is 111 Å². The first kappa shape index (κ1) is 12.6. The van der Waals surface area contributed by atoms with Crippen molar-refractivity contribution >= 4 is 5.88 Å². The van der Waals surface area contributed by atoms with Gasteiger partial charge in [-0.15, -0.1) is 0 Å². The fraction of sp³-hybridized carbons (Fsp3) is 0.692. The summed E-state index contributed by atoms with van der Waals surface area (Å²) in [5.41, 5.74) is 0. The van der Waals surface area contributed by atoms with Gasteiger partial charge in [0.05, 0.1) is 12.1 Å². The Hall–Kier alpha value is -1.40. The smallest absolute Gasteiger partial charge is 0.404 e. The molecule has 1 aliphatic heterocycles. The maximum absolute atomic E-state index is 10.8. The molecule has 6 heteroatoms. The zero-order valence-corrected chi connectivity index (χ0v) is 10.9. The number of nitrogens with one attached hydrogen (secondary N) is 1. The number of hydrogen-bond donors (Lipinski definition) is 1. The van der Waals surface area contributed by atoms with E-state index in [0.29, 0.717) is 5.92 Å². The van der Waals surface area contributed by atoms with Crippen molar-refractivity contribution in [3.63, 3.8) is 0 Å². The van der Waals surface area contributed by atoms with Crippen molar-refractivity contribution in [2.24, 2.45) is 5.92 Å². The van der Waals surface area contributed by atoms with E-state index in [4.69, 9.17) is 4.42 Å². The van der Waals surface area contributed by atoms with Crippen LogP contribution in [-0.2, 0) is 0 Å². The summed E-state index contributed by atoms with van der Waals surface area (Å²) in [6.07, 6.45) is 3.66. The molecule has 19 heavy (non-hydrogen) atoms. The van der Waals surface area contributed by atoms with Crippen molar-refractivity contribution in [3.8, 4) is 0 Å². The highest BCUT2D eigenvalue weighted by Crippen LogP contribution is 2.42. The number of furan rings is 1. The predicted octanol–water partition coefficient (Wildman–Crippen LogP) is 1.93. The minimum absolute atomic E-state index is 0.144. The number of nitro groups is 1. The van der Waals surface area contributed by atoms with Crippen molar-refractivity contribution in [2.75, 3.05) is 26.2 Å². The minimum atomic E-state index is -0.459. The molecule has 104 valence electrons. The summed E-state index contributed by atoms with van der Waals surface area (Å²) in [6, 6.07) is 3.47. The van der Waals surface area contributed by atoms with Gasteiger partial charge in [0.1, 0.15) is 10.7 Å². The van der Waals surface area contributed by atoms with Crippen molar-refractivity contribution in [1.82, 2.24) is 10.2 Å². The van der Waals surface area contributed by atoms with E-state index in [1.807, 2.05) is 0 Å². The van der Waals surface area contributed by atoms with Gasteiger partial charge in [0, 0.05) is 26.2 Å². The van der Waals surface area contributed by atoms with Crippen LogP contribution in [0.1, 0.15) is 31.1 Å². The van der Waals surface area contributed by atoms with Crippen molar-refractivity contribution in [3.05, 3.63) is 28.0 Å². The summed E-state index contributed by atoms with van der Waals surface area (Å²) in [7, 11) is 0. The van der Waals surface area contributed by atoms with Gasteiger partial charge >= 0.3 is 5.88 Å². The van der Waals surface area contributed by atoms with Crippen molar-refractivity contribution in [1.29, 1.82) is 0 Å². The van der Waals surface area contributed by atoms with E-state index in [1.165, 1.54) is 25.3 Å². The van der Waals surface area contributed by atoms with Crippen LogP contribution in [0.4, 0.5) is 5.88 Å². The van der Waals surface area contributed by atoms with Gasteiger partial charge in [0.15, 0.2) is 0 Å². The Balaban J connectivity index is 1.82. The van der Waals surface area contributed by atoms with Gasteiger partial charge in [0.2, 0.25) is 0 Å². The van der Waals surface area contributed by atoms with E-state index in [1.54, 1.807) is 6.07 Å². The van der Waals surface area contributed by atoms with Gasteiger partial charge in [0.25, 0.3) is 0 Å². The molecular weight excluding hydrogens is 246 g/mol. The van der Waals surface area contributed by atoms with Crippen LogP contribution in [0.3, 0.4) is 0 Å². The zero-order valence-electron chi connectivity index (χ0n) is 10.9. The minimum Gasteiger partial charge on any atom is -0.404 e.